The number of rotatable bonds is 12. The topological polar surface area (TPSA) is 135 Å². The quantitative estimate of drug-likeness (QED) is 0.297. The van der Waals surface area contributed by atoms with E-state index >= 15 is 0 Å². The SMILES string of the molecule is CSCCC(NC(=O)COc1ccc2c3c(c(=O)oc2c1C)CCCC3)C(=O)NCCCC(=O)O. The van der Waals surface area contributed by atoms with Gasteiger partial charge >= 0.3 is 11.6 Å². The number of aliphatic carboxylic acids is 1. The number of hydrogen-bond acceptors (Lipinski definition) is 7. The van der Waals surface area contributed by atoms with Crippen molar-refractivity contribution in [1.29, 1.82) is 0 Å². The van der Waals surface area contributed by atoms with Crippen LogP contribution in [0.25, 0.3) is 11.0 Å². The normalized spacial score (nSPS) is 13.7. The first kappa shape index (κ1) is 26.6. The summed E-state index contributed by atoms with van der Waals surface area (Å²) >= 11 is 1.55. The van der Waals surface area contributed by atoms with Crippen molar-refractivity contribution < 1.29 is 28.6 Å². The minimum absolute atomic E-state index is 0.0377. The molecule has 0 aliphatic heterocycles. The molecule has 1 unspecified atom stereocenters. The molecule has 0 fully saturated rings. The van der Waals surface area contributed by atoms with E-state index in [0.29, 0.717) is 35.5 Å². The van der Waals surface area contributed by atoms with Crippen molar-refractivity contribution in [2.75, 3.05) is 25.2 Å². The van der Waals surface area contributed by atoms with Gasteiger partial charge in [-0.1, -0.05) is 0 Å². The Balaban J connectivity index is 1.64. The zero-order valence-corrected chi connectivity index (χ0v) is 20.9. The minimum Gasteiger partial charge on any atom is -0.483 e. The van der Waals surface area contributed by atoms with Gasteiger partial charge in [-0.05, 0) is 75.2 Å². The molecule has 1 aromatic carbocycles. The van der Waals surface area contributed by atoms with Gasteiger partial charge in [-0.2, -0.15) is 11.8 Å². The number of thioether (sulfide) groups is 1. The van der Waals surface area contributed by atoms with Crippen LogP contribution < -0.4 is 21.0 Å². The highest BCUT2D eigenvalue weighted by Gasteiger charge is 2.22. The first-order valence-electron chi connectivity index (χ1n) is 11.8. The molecule has 1 aromatic heterocycles. The molecule has 0 radical (unpaired) electrons. The van der Waals surface area contributed by atoms with Crippen LogP contribution in [-0.4, -0.2) is 54.1 Å². The third-order valence-electron chi connectivity index (χ3n) is 6.08. The van der Waals surface area contributed by atoms with Crippen LogP contribution >= 0.6 is 11.8 Å². The van der Waals surface area contributed by atoms with Crippen molar-refractivity contribution in [3.63, 3.8) is 0 Å². The summed E-state index contributed by atoms with van der Waals surface area (Å²) < 4.78 is 11.3. The number of ether oxygens (including phenoxy) is 1. The Bertz CT molecular complexity index is 1140. The van der Waals surface area contributed by atoms with Crippen molar-refractivity contribution >= 4 is 40.5 Å². The molecule has 2 aromatic rings. The van der Waals surface area contributed by atoms with Gasteiger partial charge in [0.25, 0.3) is 5.91 Å². The molecule has 0 spiro atoms. The number of carboxylic acids is 1. The minimum atomic E-state index is -0.924. The maximum Gasteiger partial charge on any atom is 0.339 e. The second-order valence-corrected chi connectivity index (χ2v) is 9.58. The number of carbonyl (C=O) groups excluding carboxylic acids is 2. The molecule has 0 saturated heterocycles. The smallest absolute Gasteiger partial charge is 0.339 e. The largest absolute Gasteiger partial charge is 0.483 e. The number of carboxylic acid groups (broad SMARTS) is 1. The highest BCUT2D eigenvalue weighted by Crippen LogP contribution is 2.32. The second-order valence-electron chi connectivity index (χ2n) is 8.60. The fraction of sp³-hybridized carbons (Fsp3) is 0.520. The lowest BCUT2D eigenvalue weighted by Gasteiger charge is -2.19. The van der Waals surface area contributed by atoms with Gasteiger partial charge in [0.05, 0.1) is 0 Å². The average molecular weight is 505 g/mol. The lowest BCUT2D eigenvalue weighted by Crippen LogP contribution is -2.48. The third-order valence-corrected chi connectivity index (χ3v) is 6.72. The Hall–Kier alpha value is -3.01. The van der Waals surface area contributed by atoms with E-state index in [9.17, 15) is 19.2 Å². The summed E-state index contributed by atoms with van der Waals surface area (Å²) in [5.41, 5.74) is 2.62. The molecule has 35 heavy (non-hydrogen) atoms. The van der Waals surface area contributed by atoms with Crippen LogP contribution in [0.1, 0.15) is 48.8 Å². The fourth-order valence-electron chi connectivity index (χ4n) is 4.24. The number of aryl methyl sites for hydroxylation is 2. The van der Waals surface area contributed by atoms with E-state index < -0.39 is 17.9 Å². The van der Waals surface area contributed by atoms with Crippen molar-refractivity contribution in [2.24, 2.45) is 0 Å². The molecule has 190 valence electrons. The van der Waals surface area contributed by atoms with Crippen LogP contribution in [0.5, 0.6) is 5.75 Å². The summed E-state index contributed by atoms with van der Waals surface area (Å²) in [6.07, 6.45) is 6.21. The van der Waals surface area contributed by atoms with E-state index in [1.54, 1.807) is 24.8 Å². The number of nitrogens with one attached hydrogen (secondary N) is 2. The Labute approximate surface area is 208 Å². The maximum absolute atomic E-state index is 12.6. The Kier molecular flexibility index (Phi) is 9.59. The van der Waals surface area contributed by atoms with Crippen LogP contribution in [0.3, 0.4) is 0 Å². The van der Waals surface area contributed by atoms with Crippen molar-refractivity contribution in [3.8, 4) is 5.75 Å². The zero-order valence-electron chi connectivity index (χ0n) is 20.1. The van der Waals surface area contributed by atoms with Gasteiger partial charge in [0.15, 0.2) is 6.61 Å². The lowest BCUT2D eigenvalue weighted by atomic mass is 9.90. The van der Waals surface area contributed by atoms with Crippen molar-refractivity contribution in [3.05, 3.63) is 39.2 Å². The molecular weight excluding hydrogens is 472 g/mol. The van der Waals surface area contributed by atoms with Gasteiger partial charge < -0.3 is 24.9 Å². The third kappa shape index (κ3) is 7.00. The number of fused-ring (bicyclic) bond motifs is 3. The highest BCUT2D eigenvalue weighted by molar-refractivity contribution is 7.98. The van der Waals surface area contributed by atoms with E-state index in [0.717, 1.165) is 42.2 Å². The lowest BCUT2D eigenvalue weighted by molar-refractivity contribution is -0.137. The molecule has 10 heteroatoms. The molecule has 1 aliphatic rings. The first-order valence-corrected chi connectivity index (χ1v) is 13.2. The molecule has 1 atom stereocenters. The van der Waals surface area contributed by atoms with E-state index in [1.165, 1.54) is 0 Å². The Morgan fingerprint density at radius 3 is 2.66 bits per heavy atom. The van der Waals surface area contributed by atoms with E-state index in [2.05, 4.69) is 10.6 Å². The molecule has 3 rings (SSSR count). The maximum atomic E-state index is 12.6. The Morgan fingerprint density at radius 2 is 1.94 bits per heavy atom. The molecule has 3 N–H and O–H groups in total. The summed E-state index contributed by atoms with van der Waals surface area (Å²) in [6, 6.07) is 2.90. The number of hydrogen-bond donors (Lipinski definition) is 3. The molecule has 2 amide bonds. The Morgan fingerprint density at radius 1 is 1.20 bits per heavy atom. The predicted molar refractivity (Wildman–Crippen MR) is 134 cm³/mol. The first-order chi connectivity index (χ1) is 16.8. The summed E-state index contributed by atoms with van der Waals surface area (Å²) in [4.78, 5) is 48.1. The average Bonchev–Trinajstić information content (AvgIpc) is 2.84. The van der Waals surface area contributed by atoms with Gasteiger partial charge in [0, 0.05) is 29.5 Å². The molecule has 9 nitrogen and oxygen atoms in total. The van der Waals surface area contributed by atoms with Gasteiger partial charge in [0.2, 0.25) is 5.91 Å². The second kappa shape index (κ2) is 12.6. The molecular formula is C25H32N2O7S. The monoisotopic (exact) mass is 504 g/mol. The summed E-state index contributed by atoms with van der Waals surface area (Å²) in [5, 5.41) is 15.0. The van der Waals surface area contributed by atoms with Crippen LogP contribution in [0.15, 0.2) is 21.3 Å². The van der Waals surface area contributed by atoms with Gasteiger partial charge in [-0.15, -0.1) is 0 Å². The fourth-order valence-corrected chi connectivity index (χ4v) is 4.71. The summed E-state index contributed by atoms with van der Waals surface area (Å²) in [7, 11) is 0. The van der Waals surface area contributed by atoms with Gasteiger partial charge in [0.1, 0.15) is 17.4 Å². The number of carbonyl (C=O) groups is 3. The summed E-state index contributed by atoms with van der Waals surface area (Å²) in [5.74, 6) is -0.631. The number of benzene rings is 1. The van der Waals surface area contributed by atoms with E-state index in [1.807, 2.05) is 12.3 Å². The number of amides is 2. The van der Waals surface area contributed by atoms with Crippen LogP contribution in [-0.2, 0) is 27.2 Å². The van der Waals surface area contributed by atoms with Crippen LogP contribution in [0, 0.1) is 6.92 Å². The van der Waals surface area contributed by atoms with E-state index in [-0.39, 0.29) is 31.1 Å². The van der Waals surface area contributed by atoms with Gasteiger partial charge in [-0.25, -0.2) is 4.79 Å². The molecule has 0 saturated carbocycles. The van der Waals surface area contributed by atoms with Crippen LogP contribution in [0.2, 0.25) is 0 Å². The zero-order chi connectivity index (χ0) is 25.4. The van der Waals surface area contributed by atoms with Crippen molar-refractivity contribution in [2.45, 2.75) is 57.9 Å². The van der Waals surface area contributed by atoms with Gasteiger partial charge in [-0.3, -0.25) is 14.4 Å². The summed E-state index contributed by atoms with van der Waals surface area (Å²) in [6.45, 7) is 1.71. The highest BCUT2D eigenvalue weighted by atomic mass is 32.2. The molecule has 0 bridgehead atoms. The van der Waals surface area contributed by atoms with Crippen molar-refractivity contribution in [1.82, 2.24) is 10.6 Å². The van der Waals surface area contributed by atoms with Crippen LogP contribution in [0.4, 0.5) is 0 Å². The molecule has 1 heterocycles. The standard InChI is InChI=1S/C25H32N2O7S/c1-15-20(10-9-17-16-6-3-4-7-18(16)25(32)34-23(15)17)33-14-21(28)27-19(11-13-35-2)24(31)26-12-5-8-22(29)30/h9-10,19H,3-8,11-14H2,1-2H3,(H,26,31)(H,27,28)(H,29,30). The van der Waals surface area contributed by atoms with E-state index in [4.69, 9.17) is 14.3 Å². The predicted octanol–water partition coefficient (Wildman–Crippen LogP) is 2.58. The molecule has 1 aliphatic carbocycles.